The smallest absolute Gasteiger partial charge is 0.326 e. The van der Waals surface area contributed by atoms with Gasteiger partial charge in [0.2, 0.25) is 11.8 Å². The highest BCUT2D eigenvalue weighted by molar-refractivity contribution is 5.84. The summed E-state index contributed by atoms with van der Waals surface area (Å²) < 4.78 is 4.67. The second-order valence-electron chi connectivity index (χ2n) is 3.21. The molecule has 0 saturated carbocycles. The molecule has 0 fully saturated rings. The first-order valence-corrected chi connectivity index (χ1v) is 4.76. The molecule has 0 aliphatic heterocycles. The molecule has 0 aliphatic rings. The summed E-state index contributed by atoms with van der Waals surface area (Å²) in [6.45, 7) is 0.216. The van der Waals surface area contributed by atoms with Gasteiger partial charge in [-0.3, -0.25) is 9.59 Å². The van der Waals surface area contributed by atoms with E-state index in [0.717, 1.165) is 0 Å². The topological polar surface area (TPSA) is 119 Å². The zero-order valence-electron chi connectivity index (χ0n) is 9.06. The summed E-state index contributed by atoms with van der Waals surface area (Å²) in [7, 11) is 1.44. The minimum Gasteiger partial charge on any atom is -0.480 e. The summed E-state index contributed by atoms with van der Waals surface area (Å²) >= 11 is 0. The average molecular weight is 232 g/mol. The van der Waals surface area contributed by atoms with Gasteiger partial charge in [-0.15, -0.1) is 0 Å². The SMILES string of the molecule is COCCC(=O)N[C@H](CCC(N)=O)C(=O)O. The molecule has 1 atom stereocenters. The fourth-order valence-corrected chi connectivity index (χ4v) is 1.01. The summed E-state index contributed by atoms with van der Waals surface area (Å²) in [6, 6.07) is -1.09. The summed E-state index contributed by atoms with van der Waals surface area (Å²) in [5, 5.41) is 11.0. The zero-order valence-corrected chi connectivity index (χ0v) is 9.06. The van der Waals surface area contributed by atoms with Crippen molar-refractivity contribution in [2.45, 2.75) is 25.3 Å². The van der Waals surface area contributed by atoms with Crippen molar-refractivity contribution in [1.82, 2.24) is 5.32 Å². The quantitative estimate of drug-likeness (QED) is 0.488. The predicted octanol–water partition coefficient (Wildman–Crippen LogP) is -1.14. The lowest BCUT2D eigenvalue weighted by Crippen LogP contribution is -2.41. The highest BCUT2D eigenvalue weighted by Gasteiger charge is 2.19. The van der Waals surface area contributed by atoms with Crippen molar-refractivity contribution in [3.63, 3.8) is 0 Å². The largest absolute Gasteiger partial charge is 0.480 e. The van der Waals surface area contributed by atoms with E-state index < -0.39 is 23.8 Å². The maximum atomic E-state index is 11.2. The van der Waals surface area contributed by atoms with Gasteiger partial charge in [0.25, 0.3) is 0 Å². The molecule has 0 rings (SSSR count). The standard InChI is InChI=1S/C9H16N2O5/c1-16-5-4-8(13)11-6(9(14)15)2-3-7(10)12/h6H,2-5H2,1H3,(H2,10,12)(H,11,13)(H,14,15)/t6-/m1/s1. The van der Waals surface area contributed by atoms with Gasteiger partial charge in [-0.25, -0.2) is 4.79 Å². The van der Waals surface area contributed by atoms with Gasteiger partial charge in [0.05, 0.1) is 6.61 Å². The number of nitrogens with one attached hydrogen (secondary N) is 1. The number of carbonyl (C=O) groups is 3. The van der Waals surface area contributed by atoms with Gasteiger partial charge in [0.1, 0.15) is 6.04 Å². The van der Waals surface area contributed by atoms with Crippen molar-refractivity contribution in [2.24, 2.45) is 5.73 Å². The van der Waals surface area contributed by atoms with Crippen LogP contribution in [0.1, 0.15) is 19.3 Å². The van der Waals surface area contributed by atoms with Crippen LogP contribution in [0.25, 0.3) is 0 Å². The lowest BCUT2D eigenvalue weighted by molar-refractivity contribution is -0.142. The van der Waals surface area contributed by atoms with Crippen molar-refractivity contribution >= 4 is 17.8 Å². The van der Waals surface area contributed by atoms with E-state index in [1.54, 1.807) is 0 Å². The number of rotatable bonds is 8. The minimum atomic E-state index is -1.19. The van der Waals surface area contributed by atoms with E-state index in [4.69, 9.17) is 10.8 Å². The first kappa shape index (κ1) is 14.4. The number of carboxylic acid groups (broad SMARTS) is 1. The van der Waals surface area contributed by atoms with Crippen molar-refractivity contribution in [1.29, 1.82) is 0 Å². The summed E-state index contributed by atoms with van der Waals surface area (Å²) in [5.41, 5.74) is 4.89. The molecule has 92 valence electrons. The number of hydrogen-bond donors (Lipinski definition) is 3. The zero-order chi connectivity index (χ0) is 12.6. The third-order valence-corrected chi connectivity index (χ3v) is 1.85. The van der Waals surface area contributed by atoms with Gasteiger partial charge in [-0.1, -0.05) is 0 Å². The molecule has 2 amide bonds. The van der Waals surface area contributed by atoms with Crippen molar-refractivity contribution in [3.8, 4) is 0 Å². The Morgan fingerprint density at radius 3 is 2.44 bits per heavy atom. The fraction of sp³-hybridized carbons (Fsp3) is 0.667. The van der Waals surface area contributed by atoms with Crippen LogP contribution in [0.3, 0.4) is 0 Å². The minimum absolute atomic E-state index is 0.0105. The monoisotopic (exact) mass is 232 g/mol. The summed E-state index contributed by atoms with van der Waals surface area (Å²) in [4.78, 5) is 32.4. The van der Waals surface area contributed by atoms with Gasteiger partial charge in [0.15, 0.2) is 0 Å². The lowest BCUT2D eigenvalue weighted by Gasteiger charge is -2.13. The predicted molar refractivity (Wildman–Crippen MR) is 54.5 cm³/mol. The third kappa shape index (κ3) is 6.77. The molecule has 0 heterocycles. The van der Waals surface area contributed by atoms with Crippen LogP contribution in [0.5, 0.6) is 0 Å². The molecular formula is C9H16N2O5. The van der Waals surface area contributed by atoms with E-state index in [0.29, 0.717) is 0 Å². The van der Waals surface area contributed by atoms with E-state index in [1.807, 2.05) is 0 Å². The Kier molecular flexibility index (Phi) is 6.86. The van der Waals surface area contributed by atoms with Crippen LogP contribution in [0.2, 0.25) is 0 Å². The van der Waals surface area contributed by atoms with Gasteiger partial charge < -0.3 is 20.9 Å². The molecule has 0 bridgehead atoms. The Labute approximate surface area is 92.9 Å². The summed E-state index contributed by atoms with van der Waals surface area (Å²) in [5.74, 6) is -2.22. The van der Waals surface area contributed by atoms with Gasteiger partial charge >= 0.3 is 5.97 Å². The molecule has 0 spiro atoms. The Morgan fingerprint density at radius 1 is 1.38 bits per heavy atom. The van der Waals surface area contributed by atoms with E-state index >= 15 is 0 Å². The number of nitrogens with two attached hydrogens (primary N) is 1. The van der Waals surface area contributed by atoms with E-state index in [1.165, 1.54) is 7.11 Å². The Bertz CT molecular complexity index is 267. The van der Waals surface area contributed by atoms with Crippen LogP contribution in [-0.4, -0.2) is 42.6 Å². The first-order valence-electron chi connectivity index (χ1n) is 4.76. The van der Waals surface area contributed by atoms with Gasteiger partial charge in [-0.2, -0.15) is 0 Å². The van der Waals surface area contributed by atoms with Crippen LogP contribution in [0, 0.1) is 0 Å². The Hall–Kier alpha value is -1.63. The molecule has 0 aromatic rings. The molecule has 7 nitrogen and oxygen atoms in total. The number of primary amides is 1. The maximum absolute atomic E-state index is 11.2. The molecule has 0 unspecified atom stereocenters. The number of hydrogen-bond acceptors (Lipinski definition) is 4. The molecule has 16 heavy (non-hydrogen) atoms. The van der Waals surface area contributed by atoms with Crippen LogP contribution in [0.15, 0.2) is 0 Å². The number of ether oxygens (including phenoxy) is 1. The number of carbonyl (C=O) groups excluding carboxylic acids is 2. The fourth-order valence-electron chi connectivity index (χ4n) is 1.01. The van der Waals surface area contributed by atoms with Crippen LogP contribution < -0.4 is 11.1 Å². The number of amides is 2. The molecule has 7 heteroatoms. The van der Waals surface area contributed by atoms with Crippen LogP contribution in [-0.2, 0) is 19.1 Å². The van der Waals surface area contributed by atoms with Crippen LogP contribution in [0.4, 0.5) is 0 Å². The number of carboxylic acids is 1. The van der Waals surface area contributed by atoms with Gasteiger partial charge in [-0.05, 0) is 6.42 Å². The third-order valence-electron chi connectivity index (χ3n) is 1.85. The molecule has 0 aromatic heterocycles. The van der Waals surface area contributed by atoms with Crippen molar-refractivity contribution < 1.29 is 24.2 Å². The molecule has 4 N–H and O–H groups in total. The van der Waals surface area contributed by atoms with E-state index in [9.17, 15) is 14.4 Å². The molecule has 0 saturated heterocycles. The highest BCUT2D eigenvalue weighted by atomic mass is 16.5. The number of methoxy groups -OCH3 is 1. The van der Waals surface area contributed by atoms with Crippen LogP contribution >= 0.6 is 0 Å². The number of aliphatic carboxylic acids is 1. The maximum Gasteiger partial charge on any atom is 0.326 e. The summed E-state index contributed by atoms with van der Waals surface area (Å²) in [6.07, 6.45) is -0.0121. The second-order valence-corrected chi connectivity index (χ2v) is 3.21. The van der Waals surface area contributed by atoms with Gasteiger partial charge in [0, 0.05) is 20.0 Å². The Morgan fingerprint density at radius 2 is 2.00 bits per heavy atom. The first-order chi connectivity index (χ1) is 7.47. The highest BCUT2D eigenvalue weighted by Crippen LogP contribution is 1.98. The molecule has 0 aliphatic carbocycles. The average Bonchev–Trinajstić information content (AvgIpc) is 2.20. The second kappa shape index (κ2) is 7.63. The van der Waals surface area contributed by atoms with E-state index in [-0.39, 0.29) is 25.9 Å². The lowest BCUT2D eigenvalue weighted by atomic mass is 10.1. The Balaban J connectivity index is 4.07. The molecular weight excluding hydrogens is 216 g/mol. The van der Waals surface area contributed by atoms with Crippen molar-refractivity contribution in [2.75, 3.05) is 13.7 Å². The molecule has 0 aromatic carbocycles. The normalized spacial score (nSPS) is 11.8. The van der Waals surface area contributed by atoms with Crippen molar-refractivity contribution in [3.05, 3.63) is 0 Å². The van der Waals surface area contributed by atoms with E-state index in [2.05, 4.69) is 10.1 Å². The molecule has 0 radical (unpaired) electrons.